The van der Waals surface area contributed by atoms with Crippen molar-refractivity contribution < 1.29 is 19.1 Å². The Bertz CT molecular complexity index is 811. The molecule has 1 aliphatic rings. The molecule has 0 aromatic heterocycles. The smallest absolute Gasteiger partial charge is 0.233 e. The predicted molar refractivity (Wildman–Crippen MR) is 93.7 cm³/mol. The molecule has 2 aromatic carbocycles. The molecule has 1 heterocycles. The van der Waals surface area contributed by atoms with Crippen LogP contribution < -0.4 is 9.47 Å². The minimum Gasteiger partial charge on any atom is -0.497 e. The Morgan fingerprint density at radius 1 is 0.920 bits per heavy atom. The monoisotopic (exact) mass is 339 g/mol. The van der Waals surface area contributed by atoms with Crippen LogP contribution in [0.25, 0.3) is 0 Å². The zero-order valence-corrected chi connectivity index (χ0v) is 14.7. The quantitative estimate of drug-likeness (QED) is 0.804. The predicted octanol–water partition coefficient (Wildman–Crippen LogP) is 2.67. The summed E-state index contributed by atoms with van der Waals surface area (Å²) in [5, 5.41) is 0. The highest BCUT2D eigenvalue weighted by atomic mass is 16.5. The average molecular weight is 339 g/mol. The molecule has 0 fully saturated rings. The maximum atomic E-state index is 12.6. The van der Waals surface area contributed by atoms with Gasteiger partial charge in [0.2, 0.25) is 11.8 Å². The zero-order chi connectivity index (χ0) is 18.0. The molecule has 0 saturated heterocycles. The summed E-state index contributed by atoms with van der Waals surface area (Å²) in [7, 11) is 3.21. The first-order valence-corrected chi connectivity index (χ1v) is 8.14. The van der Waals surface area contributed by atoms with Gasteiger partial charge in [-0.3, -0.25) is 14.5 Å². The molecule has 5 nitrogen and oxygen atoms in total. The van der Waals surface area contributed by atoms with Crippen molar-refractivity contribution in [2.75, 3.05) is 14.2 Å². The molecule has 0 atom stereocenters. The van der Waals surface area contributed by atoms with Gasteiger partial charge in [-0.05, 0) is 47.4 Å². The van der Waals surface area contributed by atoms with Crippen molar-refractivity contribution in [2.24, 2.45) is 0 Å². The number of carbonyl (C=O) groups is 2. The van der Waals surface area contributed by atoms with Crippen molar-refractivity contribution in [1.82, 2.24) is 4.90 Å². The van der Waals surface area contributed by atoms with Gasteiger partial charge in [0, 0.05) is 0 Å². The lowest BCUT2D eigenvalue weighted by Gasteiger charge is -2.18. The fourth-order valence-corrected chi connectivity index (χ4v) is 3.08. The fourth-order valence-electron chi connectivity index (χ4n) is 3.08. The van der Waals surface area contributed by atoms with Crippen LogP contribution >= 0.6 is 0 Å². The molecule has 0 spiro atoms. The summed E-state index contributed by atoms with van der Waals surface area (Å²) in [4.78, 5) is 26.6. The van der Waals surface area contributed by atoms with Crippen molar-refractivity contribution in [1.29, 1.82) is 0 Å². The Kier molecular flexibility index (Phi) is 4.74. The van der Waals surface area contributed by atoms with Crippen LogP contribution in [0, 0.1) is 6.92 Å². The van der Waals surface area contributed by atoms with E-state index < -0.39 is 0 Å². The van der Waals surface area contributed by atoms with Crippen molar-refractivity contribution in [2.45, 2.75) is 26.3 Å². The van der Waals surface area contributed by atoms with Gasteiger partial charge >= 0.3 is 0 Å². The van der Waals surface area contributed by atoms with Crippen LogP contribution in [-0.2, 0) is 29.0 Å². The summed E-state index contributed by atoms with van der Waals surface area (Å²) in [6.45, 7) is 2.21. The first-order chi connectivity index (χ1) is 12.0. The van der Waals surface area contributed by atoms with E-state index in [0.29, 0.717) is 0 Å². The molecule has 25 heavy (non-hydrogen) atoms. The molecule has 1 aliphatic heterocycles. The second-order valence-corrected chi connectivity index (χ2v) is 6.17. The molecule has 130 valence electrons. The number of hydrogen-bond donors (Lipinski definition) is 0. The van der Waals surface area contributed by atoms with Gasteiger partial charge in [0.1, 0.15) is 11.5 Å². The third-order valence-electron chi connectivity index (χ3n) is 4.50. The van der Waals surface area contributed by atoms with E-state index in [1.54, 1.807) is 14.2 Å². The normalized spacial score (nSPS) is 14.1. The zero-order valence-electron chi connectivity index (χ0n) is 14.7. The van der Waals surface area contributed by atoms with Gasteiger partial charge in [0.05, 0.1) is 33.6 Å². The first-order valence-electron chi connectivity index (χ1n) is 8.14. The number of rotatable bonds is 4. The van der Waals surface area contributed by atoms with Gasteiger partial charge in [0.25, 0.3) is 0 Å². The Labute approximate surface area is 147 Å². The Morgan fingerprint density at radius 3 is 2.08 bits per heavy atom. The van der Waals surface area contributed by atoms with Crippen LogP contribution in [0.3, 0.4) is 0 Å². The number of fused-ring (bicyclic) bond motifs is 1. The summed E-state index contributed by atoms with van der Waals surface area (Å²) in [6.07, 6.45) is 0.427. The van der Waals surface area contributed by atoms with Gasteiger partial charge in [-0.2, -0.15) is 0 Å². The maximum absolute atomic E-state index is 12.6. The van der Waals surface area contributed by atoms with Gasteiger partial charge < -0.3 is 9.47 Å². The summed E-state index contributed by atoms with van der Waals surface area (Å²) in [5.74, 6) is 1.12. The van der Waals surface area contributed by atoms with E-state index in [4.69, 9.17) is 9.47 Å². The van der Waals surface area contributed by atoms with Crippen LogP contribution in [0.5, 0.6) is 11.5 Å². The third kappa shape index (κ3) is 3.50. The van der Waals surface area contributed by atoms with Crippen LogP contribution in [0.15, 0.2) is 36.4 Å². The van der Waals surface area contributed by atoms with Gasteiger partial charge in [-0.15, -0.1) is 0 Å². The Hall–Kier alpha value is -2.82. The van der Waals surface area contributed by atoms with E-state index in [2.05, 4.69) is 0 Å². The molecular weight excluding hydrogens is 318 g/mol. The molecule has 0 saturated carbocycles. The minimum atomic E-state index is -0.189. The molecule has 5 heteroatoms. The standard InChI is InChI=1S/C20H21NO4/c1-13-8-15-10-19(22)21(12-14-4-6-17(24-2)7-5-14)20(23)11-16(15)9-18(13)25-3/h4-9H,10-12H2,1-3H3. The van der Waals surface area contributed by atoms with Crippen molar-refractivity contribution >= 4 is 11.8 Å². The molecule has 2 amide bonds. The van der Waals surface area contributed by atoms with Gasteiger partial charge in [-0.25, -0.2) is 0 Å². The van der Waals surface area contributed by atoms with Gasteiger partial charge in [-0.1, -0.05) is 18.2 Å². The second kappa shape index (κ2) is 6.97. The molecule has 3 rings (SSSR count). The number of nitrogens with zero attached hydrogens (tertiary/aromatic N) is 1. The van der Waals surface area contributed by atoms with E-state index in [9.17, 15) is 9.59 Å². The minimum absolute atomic E-state index is 0.177. The lowest BCUT2D eigenvalue weighted by molar-refractivity contribution is -0.144. The van der Waals surface area contributed by atoms with E-state index in [1.807, 2.05) is 43.3 Å². The number of benzene rings is 2. The highest BCUT2D eigenvalue weighted by Crippen LogP contribution is 2.27. The van der Waals surface area contributed by atoms with E-state index in [-0.39, 0.29) is 31.2 Å². The number of hydrogen-bond acceptors (Lipinski definition) is 4. The first kappa shape index (κ1) is 17.0. The lowest BCUT2D eigenvalue weighted by Crippen LogP contribution is -2.36. The van der Waals surface area contributed by atoms with E-state index in [1.165, 1.54) is 4.90 Å². The van der Waals surface area contributed by atoms with Crippen LogP contribution in [0.2, 0.25) is 0 Å². The molecule has 0 radical (unpaired) electrons. The number of methoxy groups -OCH3 is 2. The van der Waals surface area contributed by atoms with Crippen molar-refractivity contribution in [3.8, 4) is 11.5 Å². The van der Waals surface area contributed by atoms with Crippen molar-refractivity contribution in [3.63, 3.8) is 0 Å². The number of carbonyl (C=O) groups excluding carboxylic acids is 2. The molecule has 0 unspecified atom stereocenters. The fraction of sp³-hybridized carbons (Fsp3) is 0.300. The Morgan fingerprint density at radius 2 is 1.52 bits per heavy atom. The van der Waals surface area contributed by atoms with E-state index >= 15 is 0 Å². The molecule has 0 bridgehead atoms. The molecular formula is C20H21NO4. The highest BCUT2D eigenvalue weighted by Gasteiger charge is 2.28. The number of ether oxygens (including phenoxy) is 2. The summed E-state index contributed by atoms with van der Waals surface area (Å²) >= 11 is 0. The number of amides is 2. The topological polar surface area (TPSA) is 55.8 Å². The summed E-state index contributed by atoms with van der Waals surface area (Å²) in [5.41, 5.74) is 3.61. The molecule has 0 N–H and O–H groups in total. The second-order valence-electron chi connectivity index (χ2n) is 6.17. The summed E-state index contributed by atoms with van der Waals surface area (Å²) in [6, 6.07) is 11.2. The number of imide groups is 1. The Balaban J connectivity index is 1.85. The average Bonchev–Trinajstić information content (AvgIpc) is 2.72. The molecule has 0 aliphatic carbocycles. The van der Waals surface area contributed by atoms with Crippen LogP contribution in [0.4, 0.5) is 0 Å². The van der Waals surface area contributed by atoms with E-state index in [0.717, 1.165) is 33.8 Å². The third-order valence-corrected chi connectivity index (χ3v) is 4.50. The molecule has 2 aromatic rings. The van der Waals surface area contributed by atoms with Crippen molar-refractivity contribution in [3.05, 3.63) is 58.7 Å². The number of aryl methyl sites for hydroxylation is 1. The highest BCUT2D eigenvalue weighted by molar-refractivity contribution is 5.99. The summed E-state index contributed by atoms with van der Waals surface area (Å²) < 4.78 is 10.5. The van der Waals surface area contributed by atoms with Crippen LogP contribution in [-0.4, -0.2) is 30.9 Å². The lowest BCUT2D eigenvalue weighted by atomic mass is 9.99. The maximum Gasteiger partial charge on any atom is 0.233 e. The largest absolute Gasteiger partial charge is 0.497 e. The van der Waals surface area contributed by atoms with Gasteiger partial charge in [0.15, 0.2) is 0 Å². The SMILES string of the molecule is COc1ccc(CN2C(=O)Cc3cc(C)c(OC)cc3CC2=O)cc1. The van der Waals surface area contributed by atoms with Crippen LogP contribution in [0.1, 0.15) is 22.3 Å².